The molecule has 0 N–H and O–H groups in total. The van der Waals surface area contributed by atoms with Crippen LogP contribution in [0.25, 0.3) is 0 Å². The van der Waals surface area contributed by atoms with E-state index in [0.29, 0.717) is 0 Å². The maximum Gasteiger partial charge on any atom is 0.514 e. The summed E-state index contributed by atoms with van der Waals surface area (Å²) in [5.74, 6) is -0.764. The molecule has 1 rings (SSSR count). The van der Waals surface area contributed by atoms with Gasteiger partial charge < -0.3 is 9.47 Å². The summed E-state index contributed by atoms with van der Waals surface area (Å²) in [6, 6.07) is 2.10. The number of carbonyl (C=O) groups excluding carboxylic acids is 1. The second-order valence-electron chi connectivity index (χ2n) is 4.50. The molecule has 1 aromatic carbocycles. The van der Waals surface area contributed by atoms with E-state index in [4.69, 9.17) is 21.1 Å². The fourth-order valence-corrected chi connectivity index (χ4v) is 1.38. The van der Waals surface area contributed by atoms with Gasteiger partial charge in [0.1, 0.15) is 11.3 Å². The Hall–Kier alpha value is -1.49. The highest BCUT2D eigenvalue weighted by atomic mass is 35.5. The summed E-state index contributed by atoms with van der Waals surface area (Å²) in [5, 5.41) is 1.94. The summed E-state index contributed by atoms with van der Waals surface area (Å²) in [5.41, 5.74) is -0.836. The zero-order valence-electron chi connectivity index (χ0n) is 10.5. The molecule has 0 aromatic heterocycles. The van der Waals surface area contributed by atoms with Crippen molar-refractivity contribution in [2.24, 2.45) is 4.99 Å². The number of benzene rings is 1. The Balaban J connectivity index is 2.98. The largest absolute Gasteiger partial charge is 0.514 e. The number of rotatable bonds is 2. The van der Waals surface area contributed by atoms with E-state index in [-0.39, 0.29) is 16.5 Å². The maximum absolute atomic E-state index is 13.4. The molecule has 0 spiro atoms. The number of nitrogens with zero attached hydrogens (tertiary/aromatic N) is 1. The van der Waals surface area contributed by atoms with E-state index < -0.39 is 17.6 Å². The molecule has 1 aromatic rings. The lowest BCUT2D eigenvalue weighted by Gasteiger charge is -2.19. The van der Waals surface area contributed by atoms with Gasteiger partial charge in [-0.2, -0.15) is 4.99 Å². The van der Waals surface area contributed by atoms with Crippen LogP contribution in [-0.2, 0) is 4.74 Å². The third-order valence-electron chi connectivity index (χ3n) is 1.75. The number of halogens is 2. The molecule has 19 heavy (non-hydrogen) atoms. The zero-order valence-corrected chi connectivity index (χ0v) is 12.1. The molecule has 0 amide bonds. The van der Waals surface area contributed by atoms with Gasteiger partial charge >= 0.3 is 6.16 Å². The minimum atomic E-state index is -0.946. The molecular weight excluding hydrogens is 293 g/mol. The Kier molecular flexibility index (Phi) is 5.00. The molecule has 0 aliphatic rings. The fraction of sp³-hybridized carbons (Fsp3) is 0.333. The van der Waals surface area contributed by atoms with Crippen LogP contribution in [0.3, 0.4) is 0 Å². The van der Waals surface area contributed by atoms with Gasteiger partial charge in [0.05, 0.1) is 10.2 Å². The van der Waals surface area contributed by atoms with Gasteiger partial charge in [0, 0.05) is 6.07 Å². The van der Waals surface area contributed by atoms with Crippen LogP contribution in [0.4, 0.5) is 14.9 Å². The summed E-state index contributed by atoms with van der Waals surface area (Å²) >= 11 is 10.1. The fourth-order valence-electron chi connectivity index (χ4n) is 1.09. The van der Waals surface area contributed by atoms with Crippen LogP contribution < -0.4 is 4.74 Å². The highest BCUT2D eigenvalue weighted by Crippen LogP contribution is 2.32. The topological polar surface area (TPSA) is 47.9 Å². The molecule has 0 radical (unpaired) electrons. The highest BCUT2D eigenvalue weighted by molar-refractivity contribution is 7.78. The summed E-state index contributed by atoms with van der Waals surface area (Å²) < 4.78 is 23.2. The van der Waals surface area contributed by atoms with Gasteiger partial charge in [0.25, 0.3) is 0 Å². The van der Waals surface area contributed by atoms with Crippen molar-refractivity contribution >= 4 is 40.8 Å². The number of carbonyl (C=O) groups is 1. The number of aliphatic imine (C=N–C) groups is 1. The number of ether oxygens (including phenoxy) is 2. The minimum absolute atomic E-state index is 0.0682. The van der Waals surface area contributed by atoms with E-state index in [2.05, 4.69) is 17.2 Å². The summed E-state index contributed by atoms with van der Waals surface area (Å²) in [6.45, 7) is 5.05. The van der Waals surface area contributed by atoms with Crippen LogP contribution >= 0.6 is 23.8 Å². The predicted molar refractivity (Wildman–Crippen MR) is 73.0 cm³/mol. The standard InChI is InChI=1S/C12H11ClFNO3S/c1-12(2,3)18-11(16)17-10-5-9(15-6-19)8(14)4-7(10)13/h4-5H,1-3H3. The highest BCUT2D eigenvalue weighted by Gasteiger charge is 2.20. The quantitative estimate of drug-likeness (QED) is 0.348. The minimum Gasteiger partial charge on any atom is -0.428 e. The number of thiocarbonyl (C=S) groups is 1. The average molecular weight is 304 g/mol. The number of hydrogen-bond donors (Lipinski definition) is 0. The smallest absolute Gasteiger partial charge is 0.428 e. The van der Waals surface area contributed by atoms with Crippen molar-refractivity contribution < 1.29 is 18.7 Å². The lowest BCUT2D eigenvalue weighted by molar-refractivity contribution is 0.0206. The van der Waals surface area contributed by atoms with Gasteiger partial charge in [-0.1, -0.05) is 11.6 Å². The van der Waals surface area contributed by atoms with Crippen LogP contribution in [-0.4, -0.2) is 16.9 Å². The Morgan fingerprint density at radius 2 is 2.11 bits per heavy atom. The van der Waals surface area contributed by atoms with Gasteiger partial charge in [-0.3, -0.25) is 0 Å². The molecular formula is C12H11ClFNO3S. The van der Waals surface area contributed by atoms with Crippen LogP contribution in [0, 0.1) is 5.82 Å². The van der Waals surface area contributed by atoms with Gasteiger partial charge in [0.2, 0.25) is 0 Å². The van der Waals surface area contributed by atoms with Crippen LogP contribution in [0.5, 0.6) is 5.75 Å². The monoisotopic (exact) mass is 303 g/mol. The molecule has 0 aliphatic heterocycles. The van der Waals surface area contributed by atoms with E-state index >= 15 is 0 Å². The Morgan fingerprint density at radius 3 is 2.63 bits per heavy atom. The first-order valence-electron chi connectivity index (χ1n) is 5.20. The summed E-state index contributed by atoms with van der Waals surface area (Å²) in [7, 11) is 0. The zero-order chi connectivity index (χ0) is 14.6. The van der Waals surface area contributed by atoms with E-state index in [1.165, 1.54) is 0 Å². The molecule has 0 unspecified atom stereocenters. The second-order valence-corrected chi connectivity index (χ2v) is 5.09. The SMILES string of the molecule is CC(C)(C)OC(=O)Oc1cc(N=C=S)c(F)cc1Cl. The molecule has 7 heteroatoms. The van der Waals surface area contributed by atoms with E-state index in [1.807, 2.05) is 5.16 Å². The van der Waals surface area contributed by atoms with Crippen molar-refractivity contribution in [3.8, 4) is 5.75 Å². The molecule has 0 fully saturated rings. The maximum atomic E-state index is 13.4. The Bertz CT molecular complexity index is 551. The second kappa shape index (κ2) is 6.10. The number of hydrogen-bond acceptors (Lipinski definition) is 5. The molecule has 0 aliphatic carbocycles. The van der Waals surface area contributed by atoms with E-state index in [0.717, 1.165) is 12.1 Å². The predicted octanol–water partition coefficient (Wildman–Crippen LogP) is 4.53. The molecule has 4 nitrogen and oxygen atoms in total. The van der Waals surface area contributed by atoms with E-state index in [9.17, 15) is 9.18 Å². The van der Waals surface area contributed by atoms with Gasteiger partial charge in [-0.05, 0) is 39.1 Å². The van der Waals surface area contributed by atoms with Crippen molar-refractivity contribution in [3.63, 3.8) is 0 Å². The first kappa shape index (κ1) is 15.6. The van der Waals surface area contributed by atoms with Gasteiger partial charge in [-0.25, -0.2) is 9.18 Å². The van der Waals surface area contributed by atoms with E-state index in [1.54, 1.807) is 20.8 Å². The molecule has 102 valence electrons. The lowest BCUT2D eigenvalue weighted by Crippen LogP contribution is -2.26. The lowest BCUT2D eigenvalue weighted by atomic mass is 10.2. The van der Waals surface area contributed by atoms with Crippen molar-refractivity contribution in [2.45, 2.75) is 26.4 Å². The third-order valence-corrected chi connectivity index (χ3v) is 2.14. The molecule has 0 saturated heterocycles. The molecule has 0 atom stereocenters. The number of isothiocyanates is 1. The summed E-state index contributed by atoms with van der Waals surface area (Å²) in [6.07, 6.45) is -0.946. The Morgan fingerprint density at radius 1 is 1.47 bits per heavy atom. The van der Waals surface area contributed by atoms with Crippen LogP contribution in [0.15, 0.2) is 17.1 Å². The van der Waals surface area contributed by atoms with Crippen molar-refractivity contribution in [2.75, 3.05) is 0 Å². The first-order valence-corrected chi connectivity index (χ1v) is 5.99. The first-order chi connectivity index (χ1) is 8.73. The van der Waals surface area contributed by atoms with Crippen molar-refractivity contribution in [1.29, 1.82) is 0 Å². The van der Waals surface area contributed by atoms with Gasteiger partial charge in [0.15, 0.2) is 11.6 Å². The van der Waals surface area contributed by atoms with Crippen molar-refractivity contribution in [3.05, 3.63) is 23.0 Å². The normalized spacial score (nSPS) is 10.6. The molecule has 0 saturated carbocycles. The van der Waals surface area contributed by atoms with Gasteiger partial charge in [-0.15, -0.1) is 0 Å². The van der Waals surface area contributed by atoms with Crippen LogP contribution in [0.2, 0.25) is 5.02 Å². The third kappa shape index (κ3) is 4.95. The van der Waals surface area contributed by atoms with Crippen molar-refractivity contribution in [1.82, 2.24) is 0 Å². The average Bonchev–Trinajstić information content (AvgIpc) is 2.22. The molecule has 0 heterocycles. The van der Waals surface area contributed by atoms with Crippen LogP contribution in [0.1, 0.15) is 20.8 Å². The summed E-state index contributed by atoms with van der Waals surface area (Å²) in [4.78, 5) is 15.0. The Labute approximate surface area is 120 Å². The molecule has 0 bridgehead atoms.